The SMILES string of the molecule is O=P1(c2ccc3ccccc3c2)C2=C(c3ccccc3N(c3ccc(-c4ccccc4)cc3)c3ccccc32)c2ccccc21. The van der Waals surface area contributed by atoms with E-state index in [4.69, 9.17) is 0 Å². The first kappa shape index (κ1) is 26.0. The van der Waals surface area contributed by atoms with Crippen molar-refractivity contribution < 1.29 is 4.57 Å². The number of fused-ring (bicyclic) bond motifs is 7. The number of rotatable bonds is 3. The summed E-state index contributed by atoms with van der Waals surface area (Å²) in [5.41, 5.74) is 9.72. The molecule has 0 saturated carbocycles. The zero-order valence-electron chi connectivity index (χ0n) is 24.5. The van der Waals surface area contributed by atoms with Gasteiger partial charge in [0.05, 0.1) is 11.4 Å². The lowest BCUT2D eigenvalue weighted by atomic mass is 9.95. The first-order valence-electron chi connectivity index (χ1n) is 15.3. The summed E-state index contributed by atoms with van der Waals surface area (Å²) in [6, 6.07) is 59.3. The number of hydrogen-bond donors (Lipinski definition) is 0. The van der Waals surface area contributed by atoms with E-state index in [1.165, 1.54) is 11.1 Å². The molecule has 0 amide bonds. The molecular formula is C42H28NOP. The van der Waals surface area contributed by atoms with Crippen molar-refractivity contribution in [2.24, 2.45) is 0 Å². The molecule has 0 aromatic heterocycles. The van der Waals surface area contributed by atoms with Gasteiger partial charge in [-0.25, -0.2) is 0 Å². The zero-order valence-corrected chi connectivity index (χ0v) is 25.4. The van der Waals surface area contributed by atoms with Gasteiger partial charge in [-0.3, -0.25) is 0 Å². The Morgan fingerprint density at radius 1 is 0.444 bits per heavy atom. The van der Waals surface area contributed by atoms with Crippen LogP contribution in [0.3, 0.4) is 0 Å². The van der Waals surface area contributed by atoms with Gasteiger partial charge in [-0.15, -0.1) is 0 Å². The topological polar surface area (TPSA) is 20.3 Å². The summed E-state index contributed by atoms with van der Waals surface area (Å²) in [7, 11) is -3.28. The minimum atomic E-state index is -3.28. The Balaban J connectivity index is 1.33. The highest BCUT2D eigenvalue weighted by molar-refractivity contribution is 7.88. The van der Waals surface area contributed by atoms with Crippen molar-refractivity contribution in [3.63, 3.8) is 0 Å². The maximum atomic E-state index is 16.1. The quantitative estimate of drug-likeness (QED) is 0.190. The maximum Gasteiger partial charge on any atom is 0.172 e. The number of benzene rings is 7. The maximum absolute atomic E-state index is 16.1. The average molecular weight is 594 g/mol. The van der Waals surface area contributed by atoms with Gasteiger partial charge in [0.2, 0.25) is 0 Å². The lowest BCUT2D eigenvalue weighted by Crippen LogP contribution is -2.17. The van der Waals surface area contributed by atoms with Gasteiger partial charge in [0.25, 0.3) is 0 Å². The number of para-hydroxylation sites is 2. The van der Waals surface area contributed by atoms with Crippen LogP contribution in [0.5, 0.6) is 0 Å². The lowest BCUT2D eigenvalue weighted by Gasteiger charge is -2.29. The van der Waals surface area contributed by atoms with Gasteiger partial charge >= 0.3 is 0 Å². The molecule has 2 nitrogen and oxygen atoms in total. The van der Waals surface area contributed by atoms with Gasteiger partial charge in [-0.1, -0.05) is 140 Å². The summed E-state index contributed by atoms with van der Waals surface area (Å²) in [5.74, 6) is 0. The Morgan fingerprint density at radius 3 is 1.80 bits per heavy atom. The molecule has 0 radical (unpaired) electrons. The molecule has 2 aliphatic rings. The molecule has 2 heterocycles. The summed E-state index contributed by atoms with van der Waals surface area (Å²) in [5, 5.41) is 4.94. The van der Waals surface area contributed by atoms with E-state index in [2.05, 4.69) is 157 Å². The normalized spacial score (nSPS) is 16.5. The van der Waals surface area contributed by atoms with Crippen molar-refractivity contribution in [3.8, 4) is 11.1 Å². The van der Waals surface area contributed by atoms with Crippen LogP contribution in [0, 0.1) is 0 Å². The summed E-state index contributed by atoms with van der Waals surface area (Å²) in [6.45, 7) is 0. The van der Waals surface area contributed by atoms with Gasteiger partial charge in [0.15, 0.2) is 7.14 Å². The molecule has 2 aliphatic heterocycles. The van der Waals surface area contributed by atoms with Crippen LogP contribution in [0.4, 0.5) is 17.1 Å². The van der Waals surface area contributed by atoms with Crippen LogP contribution in [0.15, 0.2) is 170 Å². The van der Waals surface area contributed by atoms with E-state index in [0.29, 0.717) is 0 Å². The first-order chi connectivity index (χ1) is 22.2. The Kier molecular flexibility index (Phi) is 5.81. The van der Waals surface area contributed by atoms with Crippen LogP contribution >= 0.6 is 7.14 Å². The third-order valence-electron chi connectivity index (χ3n) is 9.21. The van der Waals surface area contributed by atoms with Crippen LogP contribution in [0.2, 0.25) is 0 Å². The third kappa shape index (κ3) is 3.86. The minimum absolute atomic E-state index is 0.867. The fraction of sp³-hybridized carbons (Fsp3) is 0. The van der Waals surface area contributed by atoms with Crippen LogP contribution < -0.4 is 15.5 Å². The Bertz CT molecular complexity index is 2350. The van der Waals surface area contributed by atoms with Crippen molar-refractivity contribution in [2.75, 3.05) is 4.90 Å². The van der Waals surface area contributed by atoms with Gasteiger partial charge in [-0.2, -0.15) is 0 Å². The number of hydrogen-bond acceptors (Lipinski definition) is 2. The van der Waals surface area contributed by atoms with Crippen LogP contribution in [-0.2, 0) is 4.57 Å². The van der Waals surface area contributed by atoms with Crippen molar-refractivity contribution in [3.05, 3.63) is 187 Å². The molecule has 0 N–H and O–H groups in total. The molecule has 0 bridgehead atoms. The largest absolute Gasteiger partial charge is 0.309 e. The van der Waals surface area contributed by atoms with Crippen molar-refractivity contribution in [2.45, 2.75) is 0 Å². The second kappa shape index (κ2) is 10.1. The van der Waals surface area contributed by atoms with E-state index >= 15 is 4.57 Å². The highest BCUT2D eigenvalue weighted by atomic mass is 31.2. The highest BCUT2D eigenvalue weighted by Gasteiger charge is 2.46. The molecule has 9 rings (SSSR count). The fourth-order valence-corrected chi connectivity index (χ4v) is 10.5. The molecule has 1 unspecified atom stereocenters. The lowest BCUT2D eigenvalue weighted by molar-refractivity contribution is 0.593. The molecule has 0 fully saturated rings. The van der Waals surface area contributed by atoms with Crippen molar-refractivity contribution >= 4 is 56.5 Å². The van der Waals surface area contributed by atoms with Crippen LogP contribution in [0.1, 0.15) is 16.7 Å². The van der Waals surface area contributed by atoms with Crippen LogP contribution in [-0.4, -0.2) is 0 Å². The zero-order chi connectivity index (χ0) is 30.0. The monoisotopic (exact) mass is 593 g/mol. The third-order valence-corrected chi connectivity index (χ3v) is 12.4. The van der Waals surface area contributed by atoms with Gasteiger partial charge in [0, 0.05) is 38.3 Å². The Morgan fingerprint density at radius 2 is 1.02 bits per heavy atom. The molecule has 3 heteroatoms. The molecular weight excluding hydrogens is 565 g/mol. The molecule has 0 saturated heterocycles. The van der Waals surface area contributed by atoms with Crippen molar-refractivity contribution in [1.29, 1.82) is 0 Å². The molecule has 0 spiro atoms. The van der Waals surface area contributed by atoms with Gasteiger partial charge in [-0.05, 0) is 57.8 Å². The van der Waals surface area contributed by atoms with Crippen molar-refractivity contribution in [1.82, 2.24) is 0 Å². The molecule has 1 atom stereocenters. The molecule has 7 aromatic carbocycles. The van der Waals surface area contributed by atoms with E-state index < -0.39 is 7.14 Å². The van der Waals surface area contributed by atoms with E-state index in [1.54, 1.807) is 0 Å². The minimum Gasteiger partial charge on any atom is -0.309 e. The number of nitrogens with zero attached hydrogens (tertiary/aromatic N) is 1. The molecule has 212 valence electrons. The Hall–Kier alpha value is -5.43. The van der Waals surface area contributed by atoms with E-state index in [9.17, 15) is 0 Å². The van der Waals surface area contributed by atoms with E-state index in [-0.39, 0.29) is 0 Å². The number of anilines is 3. The molecule has 45 heavy (non-hydrogen) atoms. The first-order valence-corrected chi connectivity index (χ1v) is 17.0. The van der Waals surface area contributed by atoms with Gasteiger partial charge in [0.1, 0.15) is 0 Å². The summed E-state index contributed by atoms with van der Waals surface area (Å²) < 4.78 is 16.1. The second-order valence-electron chi connectivity index (χ2n) is 11.7. The predicted molar refractivity (Wildman–Crippen MR) is 190 cm³/mol. The van der Waals surface area contributed by atoms with Gasteiger partial charge < -0.3 is 9.46 Å². The highest BCUT2D eigenvalue weighted by Crippen LogP contribution is 2.68. The average Bonchev–Trinajstić information content (AvgIpc) is 3.30. The fourth-order valence-electron chi connectivity index (χ4n) is 7.17. The summed E-state index contributed by atoms with van der Waals surface area (Å²) in [6.07, 6.45) is 0. The standard InChI is InChI=1S/C42H28NOP/c44-45(34-27-24-30-14-4-5-15-32(30)28-34)40-21-11-8-18-37(40)41-35-16-6-9-19-38(35)43(39-20-10-7-17-36(39)42(41)45)33-25-22-31(23-26-33)29-12-2-1-3-13-29/h1-28H. The Labute approximate surface area is 262 Å². The summed E-state index contributed by atoms with van der Waals surface area (Å²) >= 11 is 0. The predicted octanol–water partition coefficient (Wildman–Crippen LogP) is 10.5. The summed E-state index contributed by atoms with van der Waals surface area (Å²) in [4.78, 5) is 2.34. The second-order valence-corrected chi connectivity index (χ2v) is 14.3. The molecule has 0 aliphatic carbocycles. The molecule has 7 aromatic rings. The van der Waals surface area contributed by atoms with E-state index in [0.717, 1.165) is 66.0 Å². The van der Waals surface area contributed by atoms with Crippen LogP contribution in [0.25, 0.3) is 32.8 Å². The van der Waals surface area contributed by atoms with E-state index in [1.807, 2.05) is 18.2 Å². The smallest absolute Gasteiger partial charge is 0.172 e.